The summed E-state index contributed by atoms with van der Waals surface area (Å²) in [7, 11) is 0. The highest BCUT2D eigenvalue weighted by Gasteiger charge is 2.05. The van der Waals surface area contributed by atoms with Crippen LogP contribution in [0.5, 0.6) is 11.5 Å². The van der Waals surface area contributed by atoms with Crippen molar-refractivity contribution in [3.63, 3.8) is 0 Å². The zero-order chi connectivity index (χ0) is 13.1. The van der Waals surface area contributed by atoms with Gasteiger partial charge in [0.15, 0.2) is 0 Å². The van der Waals surface area contributed by atoms with Crippen molar-refractivity contribution in [2.45, 2.75) is 6.92 Å². The first-order valence-electron chi connectivity index (χ1n) is 5.24. The molecule has 90 valence electrons. The van der Waals surface area contributed by atoms with Gasteiger partial charge in [-0.3, -0.25) is 0 Å². The first-order chi connectivity index (χ1) is 8.60. The average Bonchev–Trinajstić information content (AvgIpc) is 2.34. The van der Waals surface area contributed by atoms with Crippen LogP contribution in [0, 0.1) is 18.3 Å². The lowest BCUT2D eigenvalue weighted by Crippen LogP contribution is -1.88. The Balaban J connectivity index is 2.32. The van der Waals surface area contributed by atoms with Crippen molar-refractivity contribution in [2.24, 2.45) is 0 Å². The number of halogens is 2. The van der Waals surface area contributed by atoms with Gasteiger partial charge in [0, 0.05) is 10.5 Å². The van der Waals surface area contributed by atoms with Crippen molar-refractivity contribution >= 4 is 27.5 Å². The molecular weight excluding hydrogens is 314 g/mol. The van der Waals surface area contributed by atoms with Gasteiger partial charge in [-0.2, -0.15) is 5.26 Å². The van der Waals surface area contributed by atoms with Gasteiger partial charge >= 0.3 is 0 Å². The van der Waals surface area contributed by atoms with Gasteiger partial charge in [-0.25, -0.2) is 0 Å². The Morgan fingerprint density at radius 3 is 2.67 bits per heavy atom. The molecule has 0 aromatic heterocycles. The Morgan fingerprint density at radius 2 is 2.00 bits per heavy atom. The van der Waals surface area contributed by atoms with Crippen LogP contribution in [0.15, 0.2) is 40.9 Å². The maximum atomic E-state index is 8.80. The summed E-state index contributed by atoms with van der Waals surface area (Å²) in [5.74, 6) is 1.37. The molecule has 0 unspecified atom stereocenters. The van der Waals surface area contributed by atoms with E-state index in [9.17, 15) is 0 Å². The summed E-state index contributed by atoms with van der Waals surface area (Å²) < 4.78 is 6.69. The molecule has 0 atom stereocenters. The van der Waals surface area contributed by atoms with Crippen molar-refractivity contribution in [3.05, 3.63) is 57.0 Å². The van der Waals surface area contributed by atoms with Gasteiger partial charge in [-0.1, -0.05) is 33.6 Å². The Labute approximate surface area is 119 Å². The fourth-order valence-corrected chi connectivity index (χ4v) is 2.01. The molecule has 0 saturated carbocycles. The zero-order valence-electron chi connectivity index (χ0n) is 9.58. The molecule has 4 heteroatoms. The number of hydrogen-bond donors (Lipinski definition) is 0. The first kappa shape index (κ1) is 12.9. The number of hydrogen-bond acceptors (Lipinski definition) is 2. The topological polar surface area (TPSA) is 33.0 Å². The molecule has 0 spiro atoms. The Morgan fingerprint density at radius 1 is 1.22 bits per heavy atom. The third-order valence-corrected chi connectivity index (χ3v) is 3.24. The van der Waals surface area contributed by atoms with Crippen LogP contribution in [0.3, 0.4) is 0 Å². The number of benzene rings is 2. The van der Waals surface area contributed by atoms with Crippen LogP contribution in [-0.2, 0) is 0 Å². The molecule has 0 N–H and O–H groups in total. The van der Waals surface area contributed by atoms with Crippen LogP contribution in [0.1, 0.15) is 11.1 Å². The van der Waals surface area contributed by atoms with Crippen LogP contribution in [0.25, 0.3) is 0 Å². The molecule has 0 fully saturated rings. The smallest absolute Gasteiger partial charge is 0.131 e. The fraction of sp³-hybridized carbons (Fsp3) is 0.0714. The summed E-state index contributed by atoms with van der Waals surface area (Å²) in [4.78, 5) is 0. The maximum Gasteiger partial charge on any atom is 0.131 e. The molecule has 18 heavy (non-hydrogen) atoms. The zero-order valence-corrected chi connectivity index (χ0v) is 11.9. The average molecular weight is 323 g/mol. The predicted molar refractivity (Wildman–Crippen MR) is 75.1 cm³/mol. The van der Waals surface area contributed by atoms with Crippen LogP contribution in [0.2, 0.25) is 5.02 Å². The number of ether oxygens (including phenoxy) is 1. The number of nitriles is 1. The summed E-state index contributed by atoms with van der Waals surface area (Å²) in [6.07, 6.45) is 0. The Kier molecular flexibility index (Phi) is 3.90. The van der Waals surface area contributed by atoms with E-state index in [0.717, 1.165) is 15.8 Å². The van der Waals surface area contributed by atoms with Crippen molar-refractivity contribution < 1.29 is 4.74 Å². The molecule has 0 saturated heterocycles. The van der Waals surface area contributed by atoms with Gasteiger partial charge in [0.25, 0.3) is 0 Å². The van der Waals surface area contributed by atoms with Gasteiger partial charge in [-0.15, -0.1) is 0 Å². The van der Waals surface area contributed by atoms with E-state index in [1.165, 1.54) is 0 Å². The minimum atomic E-state index is 0.391. The second kappa shape index (κ2) is 5.43. The summed E-state index contributed by atoms with van der Waals surface area (Å²) >= 11 is 9.35. The Hall–Kier alpha value is -1.50. The van der Waals surface area contributed by atoms with Crippen molar-refractivity contribution in [1.82, 2.24) is 0 Å². The molecule has 0 aliphatic carbocycles. The summed E-state index contributed by atoms with van der Waals surface area (Å²) in [6.45, 7) is 1.97. The SMILES string of the molecule is Cc1ccc(Br)cc1Oc1ccc(C#N)c(Cl)c1. The van der Waals surface area contributed by atoms with E-state index in [2.05, 4.69) is 15.9 Å². The highest BCUT2D eigenvalue weighted by atomic mass is 79.9. The second-order valence-corrected chi connectivity index (χ2v) is 5.09. The highest BCUT2D eigenvalue weighted by molar-refractivity contribution is 9.10. The molecule has 0 amide bonds. The molecule has 2 nitrogen and oxygen atoms in total. The third-order valence-electron chi connectivity index (χ3n) is 2.44. The number of nitrogens with zero attached hydrogens (tertiary/aromatic N) is 1. The maximum absolute atomic E-state index is 8.80. The van der Waals surface area contributed by atoms with E-state index >= 15 is 0 Å². The van der Waals surface area contributed by atoms with E-state index in [1.54, 1.807) is 18.2 Å². The molecule has 2 aromatic rings. The number of aryl methyl sites for hydroxylation is 1. The van der Waals surface area contributed by atoms with Crippen LogP contribution in [0.4, 0.5) is 0 Å². The van der Waals surface area contributed by atoms with E-state index in [1.807, 2.05) is 31.2 Å². The third kappa shape index (κ3) is 2.84. The van der Waals surface area contributed by atoms with Crippen molar-refractivity contribution in [1.29, 1.82) is 5.26 Å². The molecule has 0 heterocycles. The molecule has 0 radical (unpaired) electrons. The van der Waals surface area contributed by atoms with Gasteiger partial charge in [0.1, 0.15) is 17.6 Å². The minimum absolute atomic E-state index is 0.391. The van der Waals surface area contributed by atoms with Crippen molar-refractivity contribution in [3.8, 4) is 17.6 Å². The largest absolute Gasteiger partial charge is 0.457 e. The van der Waals surface area contributed by atoms with Gasteiger partial charge in [0.05, 0.1) is 10.6 Å². The lowest BCUT2D eigenvalue weighted by molar-refractivity contribution is 0.478. The lowest BCUT2D eigenvalue weighted by atomic mass is 10.2. The lowest BCUT2D eigenvalue weighted by Gasteiger charge is -2.09. The second-order valence-electron chi connectivity index (χ2n) is 3.77. The summed E-state index contributed by atoms with van der Waals surface area (Å²) in [5.41, 5.74) is 1.47. The van der Waals surface area contributed by atoms with Crippen molar-refractivity contribution in [2.75, 3.05) is 0 Å². The summed E-state index contributed by atoms with van der Waals surface area (Å²) in [5, 5.41) is 9.19. The molecule has 0 aliphatic rings. The fourth-order valence-electron chi connectivity index (χ4n) is 1.46. The summed E-state index contributed by atoms with van der Waals surface area (Å²) in [6, 6.07) is 12.8. The molecule has 0 bridgehead atoms. The minimum Gasteiger partial charge on any atom is -0.457 e. The Bertz CT molecular complexity index is 634. The predicted octanol–water partition coefficient (Wildman–Crippen LogP) is 5.07. The molecular formula is C14H9BrClNO. The molecule has 2 rings (SSSR count). The van der Waals surface area contributed by atoms with E-state index in [4.69, 9.17) is 21.6 Å². The van der Waals surface area contributed by atoms with E-state index < -0.39 is 0 Å². The molecule has 0 aliphatic heterocycles. The van der Waals surface area contributed by atoms with Gasteiger partial charge in [-0.05, 0) is 36.8 Å². The van der Waals surface area contributed by atoms with Crippen LogP contribution < -0.4 is 4.74 Å². The van der Waals surface area contributed by atoms with E-state index in [-0.39, 0.29) is 0 Å². The normalized spacial score (nSPS) is 9.89. The monoisotopic (exact) mass is 321 g/mol. The van der Waals surface area contributed by atoms with Crippen LogP contribution >= 0.6 is 27.5 Å². The molecule has 2 aromatic carbocycles. The standard InChI is InChI=1S/C14H9BrClNO/c1-9-2-4-11(15)6-14(9)18-12-5-3-10(8-17)13(16)7-12/h2-7H,1H3. The van der Waals surface area contributed by atoms with Gasteiger partial charge < -0.3 is 4.74 Å². The van der Waals surface area contributed by atoms with E-state index in [0.29, 0.717) is 16.3 Å². The highest BCUT2D eigenvalue weighted by Crippen LogP contribution is 2.30. The number of rotatable bonds is 2. The first-order valence-corrected chi connectivity index (χ1v) is 6.41. The quantitative estimate of drug-likeness (QED) is 0.773. The van der Waals surface area contributed by atoms with Gasteiger partial charge in [0.2, 0.25) is 0 Å². The van der Waals surface area contributed by atoms with Crippen LogP contribution in [-0.4, -0.2) is 0 Å².